The molecule has 0 aromatic heterocycles. The monoisotopic (exact) mass is 556 g/mol. The van der Waals surface area contributed by atoms with E-state index < -0.39 is 0 Å². The standard InChI is InChI=1S/C44H28/c1-2-12-29(13-3-1)34-26-27-42(37-17-7-6-16-36(34)37)44-40-20-10-8-18-38(40)43(39-19-9-11-21-41(39)44)32-24-25-35-31(28-32)23-22-30-14-4-5-15-33(30)35/h1-28H. The highest BCUT2D eigenvalue weighted by atomic mass is 14.2. The van der Waals surface area contributed by atoms with Gasteiger partial charge in [0.05, 0.1) is 0 Å². The number of hydrogen-bond donors (Lipinski definition) is 0. The third-order valence-corrected chi connectivity index (χ3v) is 9.24. The van der Waals surface area contributed by atoms with Gasteiger partial charge in [-0.1, -0.05) is 164 Å². The van der Waals surface area contributed by atoms with Crippen LogP contribution in [-0.2, 0) is 0 Å². The molecule has 0 radical (unpaired) electrons. The predicted molar refractivity (Wildman–Crippen MR) is 190 cm³/mol. The van der Waals surface area contributed by atoms with Gasteiger partial charge >= 0.3 is 0 Å². The van der Waals surface area contributed by atoms with Crippen molar-refractivity contribution in [3.8, 4) is 33.4 Å². The van der Waals surface area contributed by atoms with Gasteiger partial charge in [0.2, 0.25) is 0 Å². The van der Waals surface area contributed by atoms with E-state index in [9.17, 15) is 0 Å². The molecule has 0 fully saturated rings. The summed E-state index contributed by atoms with van der Waals surface area (Å²) in [5.41, 5.74) is 7.60. The molecule has 0 nitrogen and oxygen atoms in total. The summed E-state index contributed by atoms with van der Waals surface area (Å²) in [7, 11) is 0. The molecule has 0 amide bonds. The zero-order valence-corrected chi connectivity index (χ0v) is 24.2. The highest BCUT2D eigenvalue weighted by Crippen LogP contribution is 2.46. The minimum Gasteiger partial charge on any atom is -0.0622 e. The molecule has 9 rings (SSSR count). The van der Waals surface area contributed by atoms with Crippen LogP contribution < -0.4 is 0 Å². The van der Waals surface area contributed by atoms with Gasteiger partial charge in [0.25, 0.3) is 0 Å². The molecule has 204 valence electrons. The van der Waals surface area contributed by atoms with Gasteiger partial charge in [0.1, 0.15) is 0 Å². The van der Waals surface area contributed by atoms with E-state index >= 15 is 0 Å². The van der Waals surface area contributed by atoms with Gasteiger partial charge in [-0.2, -0.15) is 0 Å². The lowest BCUT2D eigenvalue weighted by Gasteiger charge is -2.20. The molecule has 0 aliphatic heterocycles. The first-order valence-corrected chi connectivity index (χ1v) is 15.3. The van der Waals surface area contributed by atoms with Gasteiger partial charge in [-0.15, -0.1) is 0 Å². The smallest absolute Gasteiger partial charge is 0.00201 e. The van der Waals surface area contributed by atoms with Crippen LogP contribution in [0.15, 0.2) is 170 Å². The summed E-state index contributed by atoms with van der Waals surface area (Å²) in [5.74, 6) is 0. The Morgan fingerprint density at radius 1 is 0.227 bits per heavy atom. The molecule has 0 unspecified atom stereocenters. The highest BCUT2D eigenvalue weighted by Gasteiger charge is 2.19. The molecule has 9 aromatic carbocycles. The zero-order valence-electron chi connectivity index (χ0n) is 24.2. The van der Waals surface area contributed by atoms with Crippen LogP contribution in [0.2, 0.25) is 0 Å². The molecular weight excluding hydrogens is 528 g/mol. The SMILES string of the molecule is c1ccc(-c2ccc(-c3c4ccccc4c(-c4ccc5c(ccc6ccccc65)c4)c4ccccc34)c3ccccc23)cc1. The molecule has 0 N–H and O–H groups in total. The van der Waals surface area contributed by atoms with E-state index in [-0.39, 0.29) is 0 Å². The van der Waals surface area contributed by atoms with Crippen LogP contribution in [-0.4, -0.2) is 0 Å². The first-order chi connectivity index (χ1) is 21.8. The first-order valence-electron chi connectivity index (χ1n) is 15.3. The Balaban J connectivity index is 1.35. The summed E-state index contributed by atoms with van der Waals surface area (Å²) >= 11 is 0. The van der Waals surface area contributed by atoms with Crippen molar-refractivity contribution in [2.45, 2.75) is 0 Å². The van der Waals surface area contributed by atoms with Crippen LogP contribution >= 0.6 is 0 Å². The molecule has 9 aromatic rings. The van der Waals surface area contributed by atoms with Crippen molar-refractivity contribution in [1.82, 2.24) is 0 Å². The Hall–Kier alpha value is -5.72. The van der Waals surface area contributed by atoms with Crippen LogP contribution in [0.1, 0.15) is 0 Å². The van der Waals surface area contributed by atoms with E-state index in [1.165, 1.54) is 87.2 Å². The lowest BCUT2D eigenvalue weighted by molar-refractivity contribution is 1.64. The van der Waals surface area contributed by atoms with Crippen LogP contribution in [0.4, 0.5) is 0 Å². The van der Waals surface area contributed by atoms with E-state index in [1.807, 2.05) is 0 Å². The van der Waals surface area contributed by atoms with Crippen molar-refractivity contribution < 1.29 is 0 Å². The predicted octanol–water partition coefficient (Wildman–Crippen LogP) is 12.5. The molecule has 44 heavy (non-hydrogen) atoms. The molecule has 0 spiro atoms. The molecule has 0 heteroatoms. The summed E-state index contributed by atoms with van der Waals surface area (Å²) in [6.45, 7) is 0. The third-order valence-electron chi connectivity index (χ3n) is 9.24. The van der Waals surface area contributed by atoms with Crippen LogP contribution in [0.5, 0.6) is 0 Å². The van der Waals surface area contributed by atoms with Crippen LogP contribution in [0.25, 0.3) is 87.2 Å². The maximum Gasteiger partial charge on any atom is -0.00201 e. The second-order valence-electron chi connectivity index (χ2n) is 11.6. The minimum atomic E-state index is 1.24. The fourth-order valence-electron chi connectivity index (χ4n) is 7.28. The Bertz CT molecular complexity index is 2480. The maximum atomic E-state index is 2.37. The molecule has 0 bridgehead atoms. The van der Waals surface area contributed by atoms with Gasteiger partial charge in [-0.3, -0.25) is 0 Å². The van der Waals surface area contributed by atoms with Crippen molar-refractivity contribution in [2.24, 2.45) is 0 Å². The van der Waals surface area contributed by atoms with E-state index in [4.69, 9.17) is 0 Å². The fourth-order valence-corrected chi connectivity index (χ4v) is 7.28. The number of fused-ring (bicyclic) bond motifs is 6. The normalized spacial score (nSPS) is 11.6. The summed E-state index contributed by atoms with van der Waals surface area (Å²) in [6, 6.07) is 62.3. The summed E-state index contributed by atoms with van der Waals surface area (Å²) in [6.07, 6.45) is 0. The quantitative estimate of drug-likeness (QED) is 0.150. The Morgan fingerprint density at radius 3 is 1.39 bits per heavy atom. The summed E-state index contributed by atoms with van der Waals surface area (Å²) < 4.78 is 0. The maximum absolute atomic E-state index is 2.37. The average molecular weight is 557 g/mol. The largest absolute Gasteiger partial charge is 0.0622 e. The minimum absolute atomic E-state index is 1.24. The number of rotatable bonds is 3. The van der Waals surface area contributed by atoms with Gasteiger partial charge in [-0.05, 0) is 93.3 Å². The number of hydrogen-bond acceptors (Lipinski definition) is 0. The second kappa shape index (κ2) is 9.93. The Kier molecular flexibility index (Phi) is 5.61. The van der Waals surface area contributed by atoms with Gasteiger partial charge < -0.3 is 0 Å². The van der Waals surface area contributed by atoms with Crippen molar-refractivity contribution in [2.75, 3.05) is 0 Å². The topological polar surface area (TPSA) is 0 Å². The van der Waals surface area contributed by atoms with E-state index in [0.29, 0.717) is 0 Å². The van der Waals surface area contributed by atoms with E-state index in [1.54, 1.807) is 0 Å². The molecular formula is C44H28. The Morgan fingerprint density at radius 2 is 0.705 bits per heavy atom. The van der Waals surface area contributed by atoms with Gasteiger partial charge in [0.15, 0.2) is 0 Å². The molecule has 0 saturated heterocycles. The van der Waals surface area contributed by atoms with Crippen molar-refractivity contribution >= 4 is 53.9 Å². The van der Waals surface area contributed by atoms with E-state index in [0.717, 1.165) is 0 Å². The average Bonchev–Trinajstić information content (AvgIpc) is 3.10. The second-order valence-corrected chi connectivity index (χ2v) is 11.6. The van der Waals surface area contributed by atoms with Crippen LogP contribution in [0.3, 0.4) is 0 Å². The van der Waals surface area contributed by atoms with Gasteiger partial charge in [0, 0.05) is 0 Å². The summed E-state index contributed by atoms with van der Waals surface area (Å²) in [5, 5.41) is 12.8. The van der Waals surface area contributed by atoms with Crippen molar-refractivity contribution in [1.29, 1.82) is 0 Å². The van der Waals surface area contributed by atoms with E-state index in [2.05, 4.69) is 170 Å². The molecule has 0 atom stereocenters. The molecule has 0 heterocycles. The molecule has 0 saturated carbocycles. The Labute approximate surface area is 256 Å². The van der Waals surface area contributed by atoms with Gasteiger partial charge in [-0.25, -0.2) is 0 Å². The van der Waals surface area contributed by atoms with Crippen molar-refractivity contribution in [3.05, 3.63) is 170 Å². The fraction of sp³-hybridized carbons (Fsp3) is 0. The van der Waals surface area contributed by atoms with Crippen LogP contribution in [0, 0.1) is 0 Å². The first kappa shape index (κ1) is 24.8. The zero-order chi connectivity index (χ0) is 29.0. The number of benzene rings is 9. The summed E-state index contributed by atoms with van der Waals surface area (Å²) in [4.78, 5) is 0. The lowest BCUT2D eigenvalue weighted by Crippen LogP contribution is -1.92. The molecule has 0 aliphatic carbocycles. The molecule has 0 aliphatic rings. The lowest BCUT2D eigenvalue weighted by atomic mass is 9.83. The highest BCUT2D eigenvalue weighted by molar-refractivity contribution is 6.24. The third kappa shape index (κ3) is 3.78. The van der Waals surface area contributed by atoms with Crippen molar-refractivity contribution in [3.63, 3.8) is 0 Å².